The van der Waals surface area contributed by atoms with Crippen molar-refractivity contribution in [2.45, 2.75) is 13.8 Å². The van der Waals surface area contributed by atoms with E-state index in [2.05, 4.69) is 30.5 Å². The molecule has 1 aromatic carbocycles. The van der Waals surface area contributed by atoms with Gasteiger partial charge in [0.05, 0.1) is 23.5 Å². The number of nitrogens with zero attached hydrogens (tertiary/aromatic N) is 5. The van der Waals surface area contributed by atoms with Crippen molar-refractivity contribution >= 4 is 57.2 Å². The summed E-state index contributed by atoms with van der Waals surface area (Å²) >= 11 is 7.42. The highest BCUT2D eigenvalue weighted by molar-refractivity contribution is 7.17. The van der Waals surface area contributed by atoms with E-state index in [0.717, 1.165) is 11.4 Å². The van der Waals surface area contributed by atoms with Crippen LogP contribution < -0.4 is 21.0 Å². The number of carbonyl (C=O) groups is 2. The van der Waals surface area contributed by atoms with Gasteiger partial charge < -0.3 is 15.5 Å². The van der Waals surface area contributed by atoms with Crippen LogP contribution in [0, 0.1) is 13.8 Å². The van der Waals surface area contributed by atoms with Gasteiger partial charge in [-0.25, -0.2) is 20.4 Å². The number of thiazole rings is 1. The van der Waals surface area contributed by atoms with Crippen molar-refractivity contribution in [3.63, 3.8) is 0 Å². The summed E-state index contributed by atoms with van der Waals surface area (Å²) in [6.45, 7) is 6.51. The molecule has 2 aromatic heterocycles. The lowest BCUT2D eigenvalue weighted by Crippen LogP contribution is -2.49. The fourth-order valence-corrected chi connectivity index (χ4v) is 4.65. The van der Waals surface area contributed by atoms with Crippen LogP contribution in [0.4, 0.5) is 22.5 Å². The van der Waals surface area contributed by atoms with Gasteiger partial charge in [-0.05, 0) is 25.5 Å². The van der Waals surface area contributed by atoms with Crippen LogP contribution in [0.5, 0.6) is 0 Å². The van der Waals surface area contributed by atoms with Crippen LogP contribution in [0.3, 0.4) is 0 Å². The highest BCUT2D eigenvalue weighted by Crippen LogP contribution is 2.28. The van der Waals surface area contributed by atoms with E-state index < -0.39 is 5.91 Å². The van der Waals surface area contributed by atoms with E-state index in [1.807, 2.05) is 36.9 Å². The Labute approximate surface area is 211 Å². The number of piperazine rings is 1. The number of para-hydroxylation sites is 1. The Morgan fingerprint density at radius 3 is 2.66 bits per heavy atom. The average Bonchev–Trinajstić information content (AvgIpc) is 3.30. The maximum Gasteiger partial charge on any atom is 0.267 e. The Kier molecular flexibility index (Phi) is 7.76. The molecule has 0 aliphatic carbocycles. The maximum atomic E-state index is 12.7. The lowest BCUT2D eigenvalue weighted by atomic mass is 10.2. The average molecular weight is 517 g/mol. The third kappa shape index (κ3) is 6.22. The molecule has 3 aromatic rings. The first kappa shape index (κ1) is 24.8. The SMILES string of the molecule is Cc1nc(Nc2ncc(C(=O)Nc3c(C)cccc3Cl)s2)cc(N2CCN(CC(=O)NO)CC2)n1. The Morgan fingerprint density at radius 2 is 1.94 bits per heavy atom. The molecule has 1 aliphatic heterocycles. The summed E-state index contributed by atoms with van der Waals surface area (Å²) < 4.78 is 0. The van der Waals surface area contributed by atoms with Crippen LogP contribution in [0.1, 0.15) is 21.1 Å². The van der Waals surface area contributed by atoms with Gasteiger partial charge in [-0.2, -0.15) is 0 Å². The standard InChI is InChI=1S/C22H25ClN8O3S/c1-13-4-3-5-15(23)20(13)28-21(33)16-11-24-22(35-16)27-17-10-18(26-14(2)25-17)31-8-6-30(7-9-31)12-19(32)29-34/h3-5,10-11,34H,6-9,12H2,1-2H3,(H,28,33)(H,29,32)(H,24,25,26,27). The van der Waals surface area contributed by atoms with Crippen molar-refractivity contribution in [3.8, 4) is 0 Å². The molecular weight excluding hydrogens is 492 g/mol. The molecule has 35 heavy (non-hydrogen) atoms. The number of hydrogen-bond acceptors (Lipinski definition) is 10. The molecule has 0 unspecified atom stereocenters. The van der Waals surface area contributed by atoms with Crippen molar-refractivity contribution in [2.75, 3.05) is 48.3 Å². The Balaban J connectivity index is 1.41. The predicted octanol–water partition coefficient (Wildman–Crippen LogP) is 2.83. The van der Waals surface area contributed by atoms with E-state index in [4.69, 9.17) is 16.8 Å². The summed E-state index contributed by atoms with van der Waals surface area (Å²) in [5, 5.41) is 15.7. The molecule has 0 radical (unpaired) electrons. The highest BCUT2D eigenvalue weighted by Gasteiger charge is 2.21. The van der Waals surface area contributed by atoms with Gasteiger partial charge >= 0.3 is 0 Å². The molecule has 1 fully saturated rings. The predicted molar refractivity (Wildman–Crippen MR) is 135 cm³/mol. The minimum Gasteiger partial charge on any atom is -0.354 e. The maximum absolute atomic E-state index is 12.7. The zero-order valence-corrected chi connectivity index (χ0v) is 20.8. The normalized spacial score (nSPS) is 14.0. The molecule has 1 saturated heterocycles. The van der Waals surface area contributed by atoms with E-state index in [-0.39, 0.29) is 12.5 Å². The van der Waals surface area contributed by atoms with E-state index >= 15 is 0 Å². The second kappa shape index (κ2) is 11.0. The smallest absolute Gasteiger partial charge is 0.267 e. The highest BCUT2D eigenvalue weighted by atomic mass is 35.5. The molecule has 4 N–H and O–H groups in total. The van der Waals surface area contributed by atoms with Gasteiger partial charge in [0.15, 0.2) is 5.13 Å². The number of amides is 2. The first-order chi connectivity index (χ1) is 16.8. The van der Waals surface area contributed by atoms with Crippen molar-refractivity contribution in [1.82, 2.24) is 25.3 Å². The number of rotatable bonds is 7. The summed E-state index contributed by atoms with van der Waals surface area (Å²) in [5.74, 6) is 1.20. The van der Waals surface area contributed by atoms with E-state index in [1.54, 1.807) is 11.5 Å². The topological polar surface area (TPSA) is 136 Å². The van der Waals surface area contributed by atoms with Gasteiger partial charge in [-0.3, -0.25) is 19.7 Å². The van der Waals surface area contributed by atoms with Crippen LogP contribution in [0.25, 0.3) is 0 Å². The van der Waals surface area contributed by atoms with Gasteiger partial charge in [0.25, 0.3) is 11.8 Å². The number of benzene rings is 1. The number of nitrogens with one attached hydrogen (secondary N) is 3. The minimum atomic E-state index is -0.429. The number of anilines is 4. The Hall–Kier alpha value is -3.32. The van der Waals surface area contributed by atoms with Crippen LogP contribution in [0.15, 0.2) is 30.5 Å². The Morgan fingerprint density at radius 1 is 1.17 bits per heavy atom. The van der Waals surface area contributed by atoms with Gasteiger partial charge in [-0.15, -0.1) is 0 Å². The number of aryl methyl sites for hydroxylation is 2. The fourth-order valence-electron chi connectivity index (χ4n) is 3.66. The quantitative estimate of drug-likeness (QED) is 0.276. The second-order valence-electron chi connectivity index (χ2n) is 8.00. The van der Waals surface area contributed by atoms with Crippen LogP contribution in [-0.2, 0) is 4.79 Å². The van der Waals surface area contributed by atoms with E-state index in [9.17, 15) is 9.59 Å². The largest absolute Gasteiger partial charge is 0.354 e. The molecule has 13 heteroatoms. The van der Waals surface area contributed by atoms with Crippen LogP contribution >= 0.6 is 22.9 Å². The van der Waals surface area contributed by atoms with Gasteiger partial charge in [0.1, 0.15) is 22.3 Å². The van der Waals surface area contributed by atoms with Crippen molar-refractivity contribution in [3.05, 3.63) is 51.7 Å². The van der Waals surface area contributed by atoms with Gasteiger partial charge in [0, 0.05) is 32.2 Å². The Bertz CT molecular complexity index is 1210. The monoisotopic (exact) mass is 516 g/mol. The molecule has 4 rings (SSSR count). The first-order valence-corrected chi connectivity index (χ1v) is 12.1. The summed E-state index contributed by atoms with van der Waals surface area (Å²) in [4.78, 5) is 41.9. The molecule has 184 valence electrons. The molecule has 11 nitrogen and oxygen atoms in total. The molecule has 1 aliphatic rings. The third-order valence-corrected chi connectivity index (χ3v) is 6.66. The summed E-state index contributed by atoms with van der Waals surface area (Å²) in [6, 6.07) is 7.26. The van der Waals surface area contributed by atoms with Crippen molar-refractivity contribution in [1.29, 1.82) is 0 Å². The fraction of sp³-hybridized carbons (Fsp3) is 0.318. The molecule has 0 bridgehead atoms. The molecular formula is C22H25ClN8O3S. The number of hydroxylamine groups is 1. The lowest BCUT2D eigenvalue weighted by Gasteiger charge is -2.35. The number of aromatic nitrogens is 3. The summed E-state index contributed by atoms with van der Waals surface area (Å²) in [5.41, 5.74) is 3.11. The number of halogens is 1. The molecule has 0 saturated carbocycles. The van der Waals surface area contributed by atoms with Gasteiger partial charge in [-0.1, -0.05) is 35.1 Å². The number of carbonyl (C=O) groups excluding carboxylic acids is 2. The lowest BCUT2D eigenvalue weighted by molar-refractivity contribution is -0.130. The first-order valence-electron chi connectivity index (χ1n) is 10.9. The minimum absolute atomic E-state index is 0.149. The molecule has 0 atom stereocenters. The van der Waals surface area contributed by atoms with Crippen molar-refractivity contribution < 1.29 is 14.8 Å². The van der Waals surface area contributed by atoms with Crippen molar-refractivity contribution in [2.24, 2.45) is 0 Å². The van der Waals surface area contributed by atoms with E-state index in [0.29, 0.717) is 58.5 Å². The zero-order chi connectivity index (χ0) is 24.9. The summed E-state index contributed by atoms with van der Waals surface area (Å²) in [7, 11) is 0. The molecule has 3 heterocycles. The third-order valence-electron chi connectivity index (χ3n) is 5.44. The molecule has 0 spiro atoms. The molecule has 2 amide bonds. The van der Waals surface area contributed by atoms with Gasteiger partial charge in [0.2, 0.25) is 0 Å². The summed E-state index contributed by atoms with van der Waals surface area (Å²) in [6.07, 6.45) is 1.51. The zero-order valence-electron chi connectivity index (χ0n) is 19.2. The van der Waals surface area contributed by atoms with E-state index in [1.165, 1.54) is 17.5 Å². The van der Waals surface area contributed by atoms with Crippen LogP contribution in [-0.4, -0.2) is 69.6 Å². The number of hydrogen-bond donors (Lipinski definition) is 4. The van der Waals surface area contributed by atoms with Crippen LogP contribution in [0.2, 0.25) is 5.02 Å². The second-order valence-corrected chi connectivity index (χ2v) is 9.44.